The van der Waals surface area contributed by atoms with Gasteiger partial charge in [-0.15, -0.1) is 0 Å². The number of carbonyl (C=O) groups excluding carboxylic acids is 1. The lowest BCUT2D eigenvalue weighted by atomic mass is 9.93. The van der Waals surface area contributed by atoms with E-state index in [9.17, 15) is 4.79 Å². The van der Waals surface area contributed by atoms with Crippen molar-refractivity contribution < 1.29 is 9.53 Å². The summed E-state index contributed by atoms with van der Waals surface area (Å²) in [5, 5.41) is 0. The topological polar surface area (TPSA) is 34.5 Å². The summed E-state index contributed by atoms with van der Waals surface area (Å²) in [7, 11) is 1.70. The summed E-state index contributed by atoms with van der Waals surface area (Å²) in [4.78, 5) is 15.9. The number of hydrogen-bond acceptors (Lipinski definition) is 2. The second-order valence-electron chi connectivity index (χ2n) is 9.86. The molecule has 0 spiro atoms. The molecule has 3 aromatic rings. The monoisotopic (exact) mass is 472 g/mol. The number of nitrogens with zero attached hydrogens (tertiary/aromatic N) is 2. The van der Waals surface area contributed by atoms with Gasteiger partial charge in [0.25, 0.3) is 5.91 Å². The van der Waals surface area contributed by atoms with Gasteiger partial charge in [-0.25, -0.2) is 0 Å². The average Bonchev–Trinajstić information content (AvgIpc) is 3.34. The fourth-order valence-corrected chi connectivity index (χ4v) is 5.21. The maximum atomic E-state index is 13.8. The molecule has 1 heterocycles. The second kappa shape index (κ2) is 12.6. The Kier molecular flexibility index (Phi) is 9.05. The van der Waals surface area contributed by atoms with E-state index in [0.29, 0.717) is 12.6 Å². The van der Waals surface area contributed by atoms with Gasteiger partial charge in [-0.3, -0.25) is 4.79 Å². The Balaban J connectivity index is 1.52. The van der Waals surface area contributed by atoms with E-state index in [2.05, 4.69) is 59.0 Å². The molecule has 1 amide bonds. The van der Waals surface area contributed by atoms with Crippen LogP contribution in [0.25, 0.3) is 0 Å². The molecule has 1 aliphatic rings. The van der Waals surface area contributed by atoms with Crippen LogP contribution in [0, 0.1) is 0 Å². The normalized spacial score (nSPS) is 14.1. The quantitative estimate of drug-likeness (QED) is 0.275. The Labute approximate surface area is 210 Å². The fourth-order valence-electron chi connectivity index (χ4n) is 5.21. The van der Waals surface area contributed by atoms with Crippen LogP contribution in [0.1, 0.15) is 85.5 Å². The molecule has 4 nitrogen and oxygen atoms in total. The van der Waals surface area contributed by atoms with Crippen LogP contribution in [-0.4, -0.2) is 28.5 Å². The molecule has 0 radical (unpaired) electrons. The Morgan fingerprint density at radius 2 is 1.77 bits per heavy atom. The molecule has 1 aromatic heterocycles. The van der Waals surface area contributed by atoms with Gasteiger partial charge in [0.15, 0.2) is 0 Å². The number of rotatable bonds is 11. The third-order valence-corrected chi connectivity index (χ3v) is 7.29. The van der Waals surface area contributed by atoms with Crippen LogP contribution in [-0.2, 0) is 19.5 Å². The van der Waals surface area contributed by atoms with Crippen molar-refractivity contribution in [3.8, 4) is 5.75 Å². The summed E-state index contributed by atoms with van der Waals surface area (Å²) in [6.45, 7) is 3.63. The van der Waals surface area contributed by atoms with Crippen molar-refractivity contribution in [2.24, 2.45) is 0 Å². The van der Waals surface area contributed by atoms with Crippen molar-refractivity contribution in [1.29, 1.82) is 0 Å². The Morgan fingerprint density at radius 3 is 2.51 bits per heavy atom. The molecule has 1 saturated carbocycles. The first-order chi connectivity index (χ1) is 17.2. The van der Waals surface area contributed by atoms with Gasteiger partial charge in [-0.05, 0) is 73.2 Å². The van der Waals surface area contributed by atoms with Crippen molar-refractivity contribution in [2.45, 2.75) is 83.8 Å². The highest BCUT2D eigenvalue weighted by molar-refractivity contribution is 5.94. The first-order valence-corrected chi connectivity index (χ1v) is 13.3. The van der Waals surface area contributed by atoms with Crippen molar-refractivity contribution in [3.63, 3.8) is 0 Å². The van der Waals surface area contributed by atoms with Crippen LogP contribution in [0.5, 0.6) is 5.75 Å². The number of aromatic nitrogens is 1. The van der Waals surface area contributed by atoms with Gasteiger partial charge >= 0.3 is 0 Å². The number of aryl methyl sites for hydroxylation is 1. The van der Waals surface area contributed by atoms with Crippen LogP contribution in [0.15, 0.2) is 66.9 Å². The molecule has 2 aromatic carbocycles. The number of methoxy groups -OCH3 is 1. The zero-order valence-electron chi connectivity index (χ0n) is 21.4. The lowest BCUT2D eigenvalue weighted by Gasteiger charge is -2.35. The molecule has 186 valence electrons. The minimum atomic E-state index is 0.158. The molecular weight excluding hydrogens is 432 g/mol. The zero-order chi connectivity index (χ0) is 24.5. The summed E-state index contributed by atoms with van der Waals surface area (Å²) < 4.78 is 7.66. The fraction of sp³-hybridized carbons (Fsp3) is 0.452. The predicted molar refractivity (Wildman–Crippen MR) is 143 cm³/mol. The second-order valence-corrected chi connectivity index (χ2v) is 9.86. The standard InChI is InChI=1S/C31H40N2O2/c1-3-4-6-11-25-17-19-27(20-18-25)31(34)33(28-13-7-5-8-14-28)24-29-15-10-21-32(29)23-26-12-9-16-30(22-26)35-2/h9-10,12,15-22,28H,3-8,11,13-14,23-24H2,1-2H3. The van der Waals surface area contributed by atoms with Gasteiger partial charge in [0.2, 0.25) is 0 Å². The molecule has 0 aliphatic heterocycles. The molecule has 35 heavy (non-hydrogen) atoms. The van der Waals surface area contributed by atoms with Gasteiger partial charge in [-0.2, -0.15) is 0 Å². The first kappa shape index (κ1) is 25.1. The van der Waals surface area contributed by atoms with E-state index in [4.69, 9.17) is 4.74 Å². The van der Waals surface area contributed by atoms with Crippen molar-refractivity contribution in [3.05, 3.63) is 89.2 Å². The lowest BCUT2D eigenvalue weighted by molar-refractivity contribution is 0.0608. The maximum Gasteiger partial charge on any atom is 0.254 e. The summed E-state index contributed by atoms with van der Waals surface area (Å²) in [6, 6.07) is 21.1. The molecular formula is C31H40N2O2. The highest BCUT2D eigenvalue weighted by Crippen LogP contribution is 2.26. The number of amides is 1. The third-order valence-electron chi connectivity index (χ3n) is 7.29. The van der Waals surface area contributed by atoms with Gasteiger partial charge in [0.05, 0.1) is 13.7 Å². The Bertz CT molecular complexity index is 1060. The molecule has 1 fully saturated rings. The Hall–Kier alpha value is -3.01. The lowest BCUT2D eigenvalue weighted by Crippen LogP contribution is -2.41. The van der Waals surface area contributed by atoms with Gasteiger partial charge < -0.3 is 14.2 Å². The Morgan fingerprint density at radius 1 is 0.971 bits per heavy atom. The number of hydrogen-bond donors (Lipinski definition) is 0. The highest BCUT2D eigenvalue weighted by atomic mass is 16.5. The molecule has 0 atom stereocenters. The summed E-state index contributed by atoms with van der Waals surface area (Å²) in [6.07, 6.45) is 12.8. The number of carbonyl (C=O) groups is 1. The van der Waals surface area contributed by atoms with Crippen LogP contribution >= 0.6 is 0 Å². The van der Waals surface area contributed by atoms with Crippen LogP contribution in [0.4, 0.5) is 0 Å². The van der Waals surface area contributed by atoms with E-state index < -0.39 is 0 Å². The highest BCUT2D eigenvalue weighted by Gasteiger charge is 2.27. The molecule has 0 N–H and O–H groups in total. The smallest absolute Gasteiger partial charge is 0.254 e. The molecule has 4 heteroatoms. The summed E-state index contributed by atoms with van der Waals surface area (Å²) in [5.74, 6) is 1.03. The summed E-state index contributed by atoms with van der Waals surface area (Å²) in [5.41, 5.74) is 4.49. The molecule has 0 bridgehead atoms. The van der Waals surface area contributed by atoms with E-state index in [1.165, 1.54) is 55.3 Å². The SMILES string of the molecule is CCCCCc1ccc(C(=O)N(Cc2cccn2Cc2cccc(OC)c2)C2CCCCC2)cc1. The van der Waals surface area contributed by atoms with Gasteiger partial charge in [0, 0.05) is 30.0 Å². The van der Waals surface area contributed by atoms with E-state index in [0.717, 1.165) is 37.1 Å². The largest absolute Gasteiger partial charge is 0.497 e. The zero-order valence-corrected chi connectivity index (χ0v) is 21.4. The van der Waals surface area contributed by atoms with Crippen LogP contribution in [0.3, 0.4) is 0 Å². The van der Waals surface area contributed by atoms with Crippen LogP contribution < -0.4 is 4.74 Å². The molecule has 0 unspecified atom stereocenters. The van der Waals surface area contributed by atoms with E-state index in [1.807, 2.05) is 24.3 Å². The molecule has 4 rings (SSSR count). The molecule has 0 saturated heterocycles. The predicted octanol–water partition coefficient (Wildman–Crippen LogP) is 7.25. The average molecular weight is 473 g/mol. The van der Waals surface area contributed by atoms with E-state index in [-0.39, 0.29) is 5.91 Å². The molecule has 1 aliphatic carbocycles. The first-order valence-electron chi connectivity index (χ1n) is 13.3. The number of unbranched alkanes of at least 4 members (excludes halogenated alkanes) is 2. The van der Waals surface area contributed by atoms with Crippen molar-refractivity contribution >= 4 is 5.91 Å². The number of benzene rings is 2. The van der Waals surface area contributed by atoms with E-state index in [1.54, 1.807) is 7.11 Å². The minimum Gasteiger partial charge on any atom is -0.497 e. The summed E-state index contributed by atoms with van der Waals surface area (Å²) >= 11 is 0. The van der Waals surface area contributed by atoms with Gasteiger partial charge in [-0.1, -0.05) is 63.3 Å². The van der Waals surface area contributed by atoms with Crippen LogP contribution in [0.2, 0.25) is 0 Å². The number of ether oxygens (including phenoxy) is 1. The van der Waals surface area contributed by atoms with Crippen molar-refractivity contribution in [1.82, 2.24) is 9.47 Å². The minimum absolute atomic E-state index is 0.158. The van der Waals surface area contributed by atoms with E-state index >= 15 is 0 Å². The van der Waals surface area contributed by atoms with Gasteiger partial charge in [0.1, 0.15) is 5.75 Å². The third kappa shape index (κ3) is 6.78. The maximum absolute atomic E-state index is 13.8. The van der Waals surface area contributed by atoms with Crippen molar-refractivity contribution in [2.75, 3.05) is 7.11 Å².